The first-order valence-corrected chi connectivity index (χ1v) is 7.16. The molecule has 1 saturated heterocycles. The smallest absolute Gasteiger partial charge is 0.377 e. The van der Waals surface area contributed by atoms with Crippen LogP contribution in [0.25, 0.3) is 0 Å². The van der Waals surface area contributed by atoms with E-state index in [0.717, 1.165) is 0 Å². The molecule has 6 nitrogen and oxygen atoms in total. The lowest BCUT2D eigenvalue weighted by atomic mass is 10.1. The molecule has 2 unspecified atom stereocenters. The van der Waals surface area contributed by atoms with Gasteiger partial charge in [-0.15, -0.1) is 0 Å². The summed E-state index contributed by atoms with van der Waals surface area (Å²) in [5.41, 5.74) is -0.341. The molecule has 0 saturated carbocycles. The maximum Gasteiger partial charge on any atom is 0.408 e. The van der Waals surface area contributed by atoms with Crippen LogP contribution in [-0.2, 0) is 11.3 Å². The van der Waals surface area contributed by atoms with Gasteiger partial charge < -0.3 is 15.0 Å². The summed E-state index contributed by atoms with van der Waals surface area (Å²) in [5.74, 6) is 0.372. The SMILES string of the molecule is CC1COCCN1c1cc(=O)n2c(n1)NC(C(F)(F)F)CC2. The van der Waals surface area contributed by atoms with E-state index in [0.29, 0.717) is 25.6 Å². The van der Waals surface area contributed by atoms with E-state index in [1.165, 1.54) is 10.6 Å². The third-order valence-electron chi connectivity index (χ3n) is 4.00. The van der Waals surface area contributed by atoms with E-state index in [9.17, 15) is 18.0 Å². The number of alkyl halides is 3. The van der Waals surface area contributed by atoms with Crippen LogP contribution in [0.4, 0.5) is 24.9 Å². The normalized spacial score (nSPS) is 25.5. The Balaban J connectivity index is 1.93. The van der Waals surface area contributed by atoms with E-state index >= 15 is 0 Å². The average molecular weight is 318 g/mol. The topological polar surface area (TPSA) is 59.4 Å². The first kappa shape index (κ1) is 15.1. The Morgan fingerprint density at radius 3 is 2.86 bits per heavy atom. The van der Waals surface area contributed by atoms with E-state index in [4.69, 9.17) is 4.74 Å². The van der Waals surface area contributed by atoms with Crippen LogP contribution in [0.2, 0.25) is 0 Å². The summed E-state index contributed by atoms with van der Waals surface area (Å²) in [7, 11) is 0. The zero-order chi connectivity index (χ0) is 15.9. The third-order valence-corrected chi connectivity index (χ3v) is 4.00. The Labute approximate surface area is 124 Å². The summed E-state index contributed by atoms with van der Waals surface area (Å²) >= 11 is 0. The lowest BCUT2D eigenvalue weighted by Crippen LogP contribution is -2.47. The summed E-state index contributed by atoms with van der Waals surface area (Å²) in [6.07, 6.45) is -4.53. The molecule has 22 heavy (non-hydrogen) atoms. The molecule has 1 fully saturated rings. The second-order valence-corrected chi connectivity index (χ2v) is 5.57. The molecular formula is C13H17F3N4O2. The second-order valence-electron chi connectivity index (χ2n) is 5.57. The van der Waals surface area contributed by atoms with E-state index < -0.39 is 12.2 Å². The fourth-order valence-corrected chi connectivity index (χ4v) is 2.77. The van der Waals surface area contributed by atoms with Crippen LogP contribution >= 0.6 is 0 Å². The highest BCUT2D eigenvalue weighted by Crippen LogP contribution is 2.29. The highest BCUT2D eigenvalue weighted by Gasteiger charge is 2.42. The van der Waals surface area contributed by atoms with E-state index in [1.807, 2.05) is 11.8 Å². The molecule has 0 aliphatic carbocycles. The number of nitrogens with one attached hydrogen (secondary N) is 1. The Morgan fingerprint density at radius 1 is 1.41 bits per heavy atom. The monoisotopic (exact) mass is 318 g/mol. The van der Waals surface area contributed by atoms with E-state index in [-0.39, 0.29) is 30.5 Å². The van der Waals surface area contributed by atoms with Gasteiger partial charge in [0, 0.05) is 19.2 Å². The van der Waals surface area contributed by atoms with Crippen molar-refractivity contribution in [2.24, 2.45) is 0 Å². The molecule has 0 aromatic carbocycles. The molecule has 2 atom stereocenters. The first-order chi connectivity index (χ1) is 10.4. The van der Waals surface area contributed by atoms with Crippen molar-refractivity contribution in [2.45, 2.75) is 38.1 Å². The number of hydrogen-bond donors (Lipinski definition) is 1. The van der Waals surface area contributed by atoms with Crippen LogP contribution < -0.4 is 15.8 Å². The molecule has 0 amide bonds. The molecule has 1 aromatic heterocycles. The Hall–Kier alpha value is -1.77. The predicted octanol–water partition coefficient (Wildman–Crippen LogP) is 1.21. The molecule has 2 aliphatic rings. The Kier molecular flexibility index (Phi) is 3.75. The molecule has 1 aromatic rings. The van der Waals surface area contributed by atoms with Gasteiger partial charge in [0.05, 0.1) is 19.3 Å². The maximum atomic E-state index is 12.8. The van der Waals surface area contributed by atoms with Gasteiger partial charge in [-0.1, -0.05) is 0 Å². The number of rotatable bonds is 1. The van der Waals surface area contributed by atoms with Crippen molar-refractivity contribution in [2.75, 3.05) is 30.0 Å². The summed E-state index contributed by atoms with van der Waals surface area (Å²) in [6.45, 7) is 3.49. The number of nitrogens with zero attached hydrogens (tertiary/aromatic N) is 3. The van der Waals surface area contributed by atoms with Crippen molar-refractivity contribution in [3.05, 3.63) is 16.4 Å². The zero-order valence-corrected chi connectivity index (χ0v) is 12.1. The molecule has 3 heterocycles. The number of anilines is 2. The van der Waals surface area contributed by atoms with Crippen molar-refractivity contribution in [3.63, 3.8) is 0 Å². The predicted molar refractivity (Wildman–Crippen MR) is 74.2 cm³/mol. The average Bonchev–Trinajstić information content (AvgIpc) is 2.46. The van der Waals surface area contributed by atoms with Crippen molar-refractivity contribution < 1.29 is 17.9 Å². The molecule has 0 bridgehead atoms. The lowest BCUT2D eigenvalue weighted by molar-refractivity contribution is -0.145. The maximum absolute atomic E-state index is 12.8. The van der Waals surface area contributed by atoms with Crippen molar-refractivity contribution >= 4 is 11.8 Å². The number of aromatic nitrogens is 2. The highest BCUT2D eigenvalue weighted by molar-refractivity contribution is 5.45. The number of hydrogen-bond acceptors (Lipinski definition) is 5. The zero-order valence-electron chi connectivity index (χ0n) is 12.1. The van der Waals surface area contributed by atoms with Gasteiger partial charge in [0.1, 0.15) is 11.9 Å². The molecule has 122 valence electrons. The molecule has 1 N–H and O–H groups in total. The third kappa shape index (κ3) is 2.77. The van der Waals surface area contributed by atoms with Crippen LogP contribution in [0, 0.1) is 0 Å². The van der Waals surface area contributed by atoms with Crippen molar-refractivity contribution in [1.82, 2.24) is 9.55 Å². The van der Waals surface area contributed by atoms with Gasteiger partial charge in [-0.05, 0) is 13.3 Å². The Bertz CT molecular complexity index is 616. The van der Waals surface area contributed by atoms with Gasteiger partial charge in [-0.25, -0.2) is 0 Å². The van der Waals surface area contributed by atoms with Crippen LogP contribution in [0.1, 0.15) is 13.3 Å². The quantitative estimate of drug-likeness (QED) is 0.843. The summed E-state index contributed by atoms with van der Waals surface area (Å²) in [5, 5.41) is 2.34. The van der Waals surface area contributed by atoms with Gasteiger partial charge in [0.25, 0.3) is 5.56 Å². The lowest BCUT2D eigenvalue weighted by Gasteiger charge is -2.35. The number of morpholine rings is 1. The molecular weight excluding hydrogens is 301 g/mol. The van der Waals surface area contributed by atoms with E-state index in [2.05, 4.69) is 10.3 Å². The van der Waals surface area contributed by atoms with Crippen LogP contribution in [0.3, 0.4) is 0 Å². The molecule has 2 aliphatic heterocycles. The number of halogens is 3. The minimum atomic E-state index is -4.36. The van der Waals surface area contributed by atoms with Crippen LogP contribution in [0.5, 0.6) is 0 Å². The molecule has 3 rings (SSSR count). The fraction of sp³-hybridized carbons (Fsp3) is 0.692. The standard InChI is InChI=1S/C13H17F3N4O2/c1-8-7-22-5-4-19(8)10-6-11(21)20-3-2-9(13(14,15)16)17-12(20)18-10/h6,8-9H,2-5,7H2,1H3,(H,17,18). The summed E-state index contributed by atoms with van der Waals surface area (Å²) in [6, 6.07) is -0.275. The minimum absolute atomic E-state index is 0.0112. The number of ether oxygens (including phenoxy) is 1. The molecule has 0 spiro atoms. The molecule has 0 radical (unpaired) electrons. The second kappa shape index (κ2) is 5.45. The Morgan fingerprint density at radius 2 is 2.18 bits per heavy atom. The van der Waals surface area contributed by atoms with Crippen LogP contribution in [0.15, 0.2) is 10.9 Å². The van der Waals surface area contributed by atoms with Crippen LogP contribution in [-0.4, -0.2) is 47.6 Å². The summed E-state index contributed by atoms with van der Waals surface area (Å²) in [4.78, 5) is 18.2. The highest BCUT2D eigenvalue weighted by atomic mass is 19.4. The van der Waals surface area contributed by atoms with Gasteiger partial charge in [0.2, 0.25) is 5.95 Å². The van der Waals surface area contributed by atoms with Crippen molar-refractivity contribution in [3.8, 4) is 0 Å². The largest absolute Gasteiger partial charge is 0.408 e. The summed E-state index contributed by atoms with van der Waals surface area (Å²) < 4.78 is 45.1. The number of fused-ring (bicyclic) bond motifs is 1. The van der Waals surface area contributed by atoms with E-state index in [1.54, 1.807) is 0 Å². The van der Waals surface area contributed by atoms with Gasteiger partial charge in [-0.2, -0.15) is 18.2 Å². The van der Waals surface area contributed by atoms with Crippen molar-refractivity contribution in [1.29, 1.82) is 0 Å². The van der Waals surface area contributed by atoms with Gasteiger partial charge in [-0.3, -0.25) is 9.36 Å². The molecule has 9 heteroatoms. The fourth-order valence-electron chi connectivity index (χ4n) is 2.77. The first-order valence-electron chi connectivity index (χ1n) is 7.16. The minimum Gasteiger partial charge on any atom is -0.377 e. The van der Waals surface area contributed by atoms with Gasteiger partial charge in [0.15, 0.2) is 0 Å². The van der Waals surface area contributed by atoms with Gasteiger partial charge >= 0.3 is 6.18 Å².